The molecule has 36 heavy (non-hydrogen) atoms. The maximum Gasteiger partial charge on any atom is 0.410 e. The maximum absolute atomic E-state index is 12.8. The highest BCUT2D eigenvalue weighted by atomic mass is 16.6. The molecule has 1 atom stereocenters. The number of hydrogen-bond acceptors (Lipinski definition) is 6. The smallest absolute Gasteiger partial charge is 0.410 e. The summed E-state index contributed by atoms with van der Waals surface area (Å²) in [5.41, 5.74) is 0.319. The molecule has 1 aliphatic rings. The number of likely N-dealkylation sites (tertiary alicyclic amines) is 1. The molecule has 1 heterocycles. The molecule has 7 heteroatoms. The topological polar surface area (TPSA) is 82.1 Å². The number of ether oxygens (including phenoxy) is 3. The van der Waals surface area contributed by atoms with Gasteiger partial charge in [-0.15, -0.1) is 0 Å². The molecule has 1 saturated heterocycles. The summed E-state index contributed by atoms with van der Waals surface area (Å²) in [6, 6.07) is 17.3. The molecule has 3 rings (SSSR count). The summed E-state index contributed by atoms with van der Waals surface area (Å²) < 4.78 is 16.7. The number of allylic oxidation sites excluding steroid dienone is 1. The van der Waals surface area contributed by atoms with E-state index in [-0.39, 0.29) is 18.7 Å². The largest absolute Gasteiger partial charge is 0.462 e. The highest BCUT2D eigenvalue weighted by molar-refractivity contribution is 5.90. The van der Waals surface area contributed by atoms with Crippen molar-refractivity contribution in [1.82, 2.24) is 4.90 Å². The lowest BCUT2D eigenvalue weighted by molar-refractivity contribution is 0.0145. The summed E-state index contributed by atoms with van der Waals surface area (Å²) in [5, 5.41) is 0. The number of carbonyl (C=O) groups excluding carboxylic acids is 3. The highest BCUT2D eigenvalue weighted by Crippen LogP contribution is 2.24. The van der Waals surface area contributed by atoms with E-state index in [4.69, 9.17) is 14.2 Å². The van der Waals surface area contributed by atoms with Crippen LogP contribution in [-0.2, 0) is 14.2 Å². The van der Waals surface area contributed by atoms with E-state index in [1.54, 1.807) is 53.4 Å². The van der Waals surface area contributed by atoms with E-state index < -0.39 is 17.5 Å². The second-order valence-corrected chi connectivity index (χ2v) is 9.73. The van der Waals surface area contributed by atoms with Crippen LogP contribution in [0.15, 0.2) is 72.5 Å². The van der Waals surface area contributed by atoms with Gasteiger partial charge in [0.05, 0.1) is 23.8 Å². The average molecular weight is 494 g/mol. The lowest BCUT2D eigenvalue weighted by Gasteiger charge is -2.35. The molecular weight excluding hydrogens is 458 g/mol. The van der Waals surface area contributed by atoms with Gasteiger partial charge in [0.15, 0.2) is 0 Å². The predicted octanol–water partition coefficient (Wildman–Crippen LogP) is 6.15. The molecule has 1 aliphatic heterocycles. The molecule has 2 aromatic rings. The number of esters is 2. The van der Waals surface area contributed by atoms with Crippen LogP contribution in [0.25, 0.3) is 0 Å². The number of amides is 1. The summed E-state index contributed by atoms with van der Waals surface area (Å²) in [5.74, 6) is -0.423. The van der Waals surface area contributed by atoms with Gasteiger partial charge in [0.2, 0.25) is 0 Å². The van der Waals surface area contributed by atoms with Crippen LogP contribution in [0.1, 0.15) is 73.6 Å². The lowest BCUT2D eigenvalue weighted by Crippen LogP contribution is -2.45. The number of rotatable bonds is 8. The van der Waals surface area contributed by atoms with Crippen molar-refractivity contribution < 1.29 is 28.6 Å². The molecule has 0 aliphatic carbocycles. The molecule has 1 unspecified atom stereocenters. The minimum absolute atomic E-state index is 0.175. The van der Waals surface area contributed by atoms with Gasteiger partial charge in [-0.05, 0) is 76.8 Å². The first-order valence-electron chi connectivity index (χ1n) is 12.4. The van der Waals surface area contributed by atoms with Gasteiger partial charge in [-0.3, -0.25) is 0 Å². The van der Waals surface area contributed by atoms with Crippen LogP contribution >= 0.6 is 0 Å². The van der Waals surface area contributed by atoms with Crippen molar-refractivity contribution in [3.63, 3.8) is 0 Å². The average Bonchev–Trinajstić information content (AvgIpc) is 2.86. The van der Waals surface area contributed by atoms with E-state index in [2.05, 4.69) is 0 Å². The predicted molar refractivity (Wildman–Crippen MR) is 136 cm³/mol. The first-order chi connectivity index (χ1) is 17.2. The number of hydrogen-bond donors (Lipinski definition) is 0. The third-order valence-corrected chi connectivity index (χ3v) is 5.60. The van der Waals surface area contributed by atoms with Gasteiger partial charge in [0.1, 0.15) is 11.4 Å². The molecule has 1 amide bonds. The van der Waals surface area contributed by atoms with Gasteiger partial charge in [-0.1, -0.05) is 36.4 Å². The van der Waals surface area contributed by atoms with Crippen molar-refractivity contribution in [2.45, 2.75) is 64.5 Å². The van der Waals surface area contributed by atoms with Crippen LogP contribution in [0.4, 0.5) is 4.79 Å². The van der Waals surface area contributed by atoms with Gasteiger partial charge >= 0.3 is 18.0 Å². The molecule has 192 valence electrons. The monoisotopic (exact) mass is 493 g/mol. The summed E-state index contributed by atoms with van der Waals surface area (Å²) in [7, 11) is 0. The van der Waals surface area contributed by atoms with Crippen LogP contribution < -0.4 is 0 Å². The van der Waals surface area contributed by atoms with Gasteiger partial charge in [-0.25, -0.2) is 14.4 Å². The second kappa shape index (κ2) is 12.9. The van der Waals surface area contributed by atoms with Crippen molar-refractivity contribution in [2.24, 2.45) is 0 Å². The van der Waals surface area contributed by atoms with Gasteiger partial charge in [-0.2, -0.15) is 0 Å². The third-order valence-electron chi connectivity index (χ3n) is 5.60. The molecule has 1 fully saturated rings. The lowest BCUT2D eigenvalue weighted by atomic mass is 10.0. The molecule has 2 aromatic carbocycles. The summed E-state index contributed by atoms with van der Waals surface area (Å²) in [6.45, 7) is 6.26. The zero-order valence-electron chi connectivity index (χ0n) is 21.3. The van der Waals surface area contributed by atoms with Crippen LogP contribution in [-0.4, -0.2) is 47.7 Å². The van der Waals surface area contributed by atoms with E-state index in [1.807, 2.05) is 39.0 Å². The Labute approximate surface area is 213 Å². The van der Waals surface area contributed by atoms with Crippen molar-refractivity contribution in [2.75, 3.05) is 13.2 Å². The van der Waals surface area contributed by atoms with E-state index in [0.29, 0.717) is 36.3 Å². The molecular formula is C29H35NO6. The zero-order valence-corrected chi connectivity index (χ0v) is 21.3. The summed E-state index contributed by atoms with van der Waals surface area (Å²) >= 11 is 0. The zero-order chi connectivity index (χ0) is 26.0. The van der Waals surface area contributed by atoms with Crippen LogP contribution in [0.2, 0.25) is 0 Å². The summed E-state index contributed by atoms with van der Waals surface area (Å²) in [4.78, 5) is 39.5. The molecule has 0 aromatic heterocycles. The first-order valence-corrected chi connectivity index (χ1v) is 12.4. The maximum atomic E-state index is 12.8. The Morgan fingerprint density at radius 2 is 1.53 bits per heavy atom. The molecule has 0 spiro atoms. The van der Waals surface area contributed by atoms with E-state index in [0.717, 1.165) is 19.3 Å². The van der Waals surface area contributed by atoms with Gasteiger partial charge < -0.3 is 19.1 Å². The van der Waals surface area contributed by atoms with Gasteiger partial charge in [0.25, 0.3) is 0 Å². The van der Waals surface area contributed by atoms with E-state index in [9.17, 15) is 14.4 Å². The fourth-order valence-electron chi connectivity index (χ4n) is 3.88. The normalized spacial score (nSPS) is 16.2. The summed E-state index contributed by atoms with van der Waals surface area (Å²) in [6.07, 6.45) is 4.88. The number of benzene rings is 2. The number of piperidine rings is 1. The third kappa shape index (κ3) is 8.56. The van der Waals surface area contributed by atoms with Crippen molar-refractivity contribution >= 4 is 18.0 Å². The number of nitrogens with zero attached hydrogens (tertiary/aromatic N) is 1. The number of carbonyl (C=O) groups is 3. The molecule has 0 saturated carbocycles. The molecule has 0 radical (unpaired) electrons. The van der Waals surface area contributed by atoms with Gasteiger partial charge in [0, 0.05) is 13.0 Å². The Morgan fingerprint density at radius 3 is 2.14 bits per heavy atom. The Bertz CT molecular complexity index is 1040. The van der Waals surface area contributed by atoms with Crippen LogP contribution in [0.3, 0.4) is 0 Å². The van der Waals surface area contributed by atoms with E-state index >= 15 is 0 Å². The van der Waals surface area contributed by atoms with Crippen molar-refractivity contribution in [3.05, 3.63) is 83.6 Å². The Hall–Kier alpha value is -3.61. The molecule has 0 bridgehead atoms. The molecule has 7 nitrogen and oxygen atoms in total. The van der Waals surface area contributed by atoms with Crippen molar-refractivity contribution in [1.29, 1.82) is 0 Å². The Morgan fingerprint density at radius 1 is 0.917 bits per heavy atom. The van der Waals surface area contributed by atoms with Crippen LogP contribution in [0.5, 0.6) is 0 Å². The SMILES string of the molecule is CC(C)(C)OC(=O)N1CCCCC1/C=C(\CCCOC(=O)c1ccccc1)OC(=O)c1ccccc1. The second-order valence-electron chi connectivity index (χ2n) is 9.73. The highest BCUT2D eigenvalue weighted by Gasteiger charge is 2.30. The standard InChI is InChI=1S/C29H35NO6/c1-29(2,3)36-28(33)30-19-11-10-17-24(30)21-25(35-27(32)23-15-8-5-9-16-23)18-12-20-34-26(31)22-13-6-4-7-14-22/h4-9,13-16,21,24H,10-12,17-20H2,1-3H3/b25-21+. The van der Waals surface area contributed by atoms with Crippen LogP contribution in [0, 0.1) is 0 Å². The fourth-order valence-corrected chi connectivity index (χ4v) is 3.88. The van der Waals surface area contributed by atoms with Crippen molar-refractivity contribution in [3.8, 4) is 0 Å². The quantitative estimate of drug-likeness (QED) is 0.190. The minimum atomic E-state index is -0.603. The molecule has 0 N–H and O–H groups in total. The fraction of sp³-hybridized carbons (Fsp3) is 0.414. The minimum Gasteiger partial charge on any atom is -0.462 e. The first kappa shape index (κ1) is 27.0. The van der Waals surface area contributed by atoms with E-state index in [1.165, 1.54) is 0 Å². The Balaban J connectivity index is 1.70. The Kier molecular flexibility index (Phi) is 9.68.